The molecule has 150 valence electrons. The van der Waals surface area contributed by atoms with E-state index in [-0.39, 0.29) is 5.91 Å². The minimum atomic E-state index is -0.604. The fourth-order valence-electron chi connectivity index (χ4n) is 3.35. The summed E-state index contributed by atoms with van der Waals surface area (Å²) in [7, 11) is 0. The SMILES string of the molecule is C[C@H](Oc1cccc2c1CCCC2)C(=O)Nc1nnc(SCc2ccccc2)s1. The van der Waals surface area contributed by atoms with Crippen molar-refractivity contribution in [2.45, 2.75) is 48.8 Å². The lowest BCUT2D eigenvalue weighted by molar-refractivity contribution is -0.122. The van der Waals surface area contributed by atoms with E-state index in [0.717, 1.165) is 28.7 Å². The van der Waals surface area contributed by atoms with Gasteiger partial charge in [-0.25, -0.2) is 0 Å². The highest BCUT2D eigenvalue weighted by Crippen LogP contribution is 2.31. The molecule has 7 heteroatoms. The molecular weight excluding hydrogens is 402 g/mol. The van der Waals surface area contributed by atoms with Crippen molar-refractivity contribution in [2.75, 3.05) is 5.32 Å². The van der Waals surface area contributed by atoms with Gasteiger partial charge < -0.3 is 4.74 Å². The molecule has 0 bridgehead atoms. The fourth-order valence-corrected chi connectivity index (χ4v) is 5.06. The molecule has 1 amide bonds. The molecule has 2 aromatic carbocycles. The van der Waals surface area contributed by atoms with E-state index in [0.29, 0.717) is 5.13 Å². The van der Waals surface area contributed by atoms with Crippen molar-refractivity contribution in [3.05, 3.63) is 65.2 Å². The number of rotatable bonds is 7. The molecule has 5 nitrogen and oxygen atoms in total. The molecule has 1 aliphatic carbocycles. The van der Waals surface area contributed by atoms with Crippen LogP contribution in [-0.2, 0) is 23.4 Å². The normalized spacial score (nSPS) is 14.1. The first-order valence-electron chi connectivity index (χ1n) is 9.77. The molecule has 0 saturated carbocycles. The van der Waals surface area contributed by atoms with Crippen LogP contribution in [0, 0.1) is 0 Å². The van der Waals surface area contributed by atoms with Gasteiger partial charge in [-0.1, -0.05) is 65.6 Å². The van der Waals surface area contributed by atoms with Crippen molar-refractivity contribution in [3.63, 3.8) is 0 Å². The van der Waals surface area contributed by atoms with Crippen LogP contribution >= 0.6 is 23.1 Å². The first kappa shape index (κ1) is 19.9. The Morgan fingerprint density at radius 1 is 1.14 bits per heavy atom. The van der Waals surface area contributed by atoms with Crippen molar-refractivity contribution in [1.82, 2.24) is 10.2 Å². The Balaban J connectivity index is 1.33. The smallest absolute Gasteiger partial charge is 0.266 e. The van der Waals surface area contributed by atoms with Crippen molar-refractivity contribution >= 4 is 34.1 Å². The second-order valence-corrected chi connectivity index (χ2v) is 9.20. The molecule has 1 N–H and O–H groups in total. The summed E-state index contributed by atoms with van der Waals surface area (Å²) in [5.41, 5.74) is 3.81. The third-order valence-corrected chi connectivity index (χ3v) is 6.91. The Bertz CT molecular complexity index is 975. The Morgan fingerprint density at radius 3 is 2.83 bits per heavy atom. The summed E-state index contributed by atoms with van der Waals surface area (Å²) < 4.78 is 6.83. The van der Waals surface area contributed by atoms with Gasteiger partial charge in [0, 0.05) is 5.75 Å². The number of hydrogen-bond acceptors (Lipinski definition) is 6. The van der Waals surface area contributed by atoms with E-state index in [4.69, 9.17) is 4.74 Å². The summed E-state index contributed by atoms with van der Waals surface area (Å²) in [5, 5.41) is 11.6. The number of anilines is 1. The number of amides is 1. The Hall–Kier alpha value is -2.38. The minimum Gasteiger partial charge on any atom is -0.481 e. The molecule has 1 aromatic heterocycles. The lowest BCUT2D eigenvalue weighted by Crippen LogP contribution is -2.30. The number of carbonyl (C=O) groups is 1. The standard InChI is InChI=1S/C22H23N3O2S2/c1-15(27-19-13-7-11-17-10-5-6-12-18(17)19)20(26)23-21-24-25-22(29-21)28-14-16-8-3-2-4-9-16/h2-4,7-9,11,13,15H,5-6,10,12,14H2,1H3,(H,23,24,26)/t15-/m0/s1. The largest absolute Gasteiger partial charge is 0.481 e. The zero-order chi connectivity index (χ0) is 20.1. The molecule has 0 fully saturated rings. The number of aryl methyl sites for hydroxylation is 1. The van der Waals surface area contributed by atoms with Crippen LogP contribution in [-0.4, -0.2) is 22.2 Å². The van der Waals surface area contributed by atoms with Crippen LogP contribution in [0.4, 0.5) is 5.13 Å². The molecule has 0 unspecified atom stereocenters. The van der Waals surface area contributed by atoms with E-state index < -0.39 is 6.10 Å². The monoisotopic (exact) mass is 425 g/mol. The number of thioether (sulfide) groups is 1. The fraction of sp³-hybridized carbons (Fsp3) is 0.318. The Kier molecular flexibility index (Phi) is 6.46. The van der Waals surface area contributed by atoms with Crippen molar-refractivity contribution in [2.24, 2.45) is 0 Å². The molecule has 1 atom stereocenters. The van der Waals surface area contributed by atoms with E-state index in [1.807, 2.05) is 30.3 Å². The number of carbonyl (C=O) groups excluding carboxylic acids is 1. The second kappa shape index (κ2) is 9.41. The highest BCUT2D eigenvalue weighted by Gasteiger charge is 2.20. The van der Waals surface area contributed by atoms with Crippen LogP contribution in [0.2, 0.25) is 0 Å². The maximum atomic E-state index is 12.6. The molecule has 4 rings (SSSR count). The van der Waals surface area contributed by atoms with Crippen molar-refractivity contribution < 1.29 is 9.53 Å². The van der Waals surface area contributed by atoms with Gasteiger partial charge >= 0.3 is 0 Å². The third kappa shape index (κ3) is 5.16. The van der Waals surface area contributed by atoms with Crippen LogP contribution in [0.25, 0.3) is 0 Å². The summed E-state index contributed by atoms with van der Waals surface area (Å²) in [5.74, 6) is 1.43. The number of benzene rings is 2. The van der Waals surface area contributed by atoms with Gasteiger partial charge in [0.1, 0.15) is 5.75 Å². The van der Waals surface area contributed by atoms with Gasteiger partial charge in [-0.05, 0) is 55.4 Å². The van der Waals surface area contributed by atoms with Crippen LogP contribution in [0.5, 0.6) is 5.75 Å². The van der Waals surface area contributed by atoms with Gasteiger partial charge in [-0.2, -0.15) is 0 Å². The highest BCUT2D eigenvalue weighted by atomic mass is 32.2. The number of nitrogens with one attached hydrogen (secondary N) is 1. The molecule has 0 spiro atoms. The summed E-state index contributed by atoms with van der Waals surface area (Å²) >= 11 is 2.99. The van der Waals surface area contributed by atoms with Crippen LogP contribution in [0.3, 0.4) is 0 Å². The van der Waals surface area contributed by atoms with E-state index in [9.17, 15) is 4.79 Å². The molecule has 29 heavy (non-hydrogen) atoms. The van der Waals surface area contributed by atoms with Crippen LogP contribution in [0.15, 0.2) is 52.9 Å². The first-order valence-corrected chi connectivity index (χ1v) is 11.6. The summed E-state index contributed by atoms with van der Waals surface area (Å²) in [6.45, 7) is 1.77. The Morgan fingerprint density at radius 2 is 1.97 bits per heavy atom. The average molecular weight is 426 g/mol. The number of aromatic nitrogens is 2. The molecule has 0 saturated heterocycles. The third-order valence-electron chi connectivity index (χ3n) is 4.87. The van der Waals surface area contributed by atoms with E-state index in [2.05, 4.69) is 33.7 Å². The zero-order valence-corrected chi connectivity index (χ0v) is 17.9. The first-order chi connectivity index (χ1) is 14.2. The van der Waals surface area contributed by atoms with Gasteiger partial charge in [0.15, 0.2) is 10.4 Å². The molecule has 1 heterocycles. The quantitative estimate of drug-likeness (QED) is 0.421. The number of fused-ring (bicyclic) bond motifs is 1. The van der Waals surface area contributed by atoms with Gasteiger partial charge in [-0.3, -0.25) is 10.1 Å². The number of nitrogens with zero attached hydrogens (tertiary/aromatic N) is 2. The summed E-state index contributed by atoms with van der Waals surface area (Å²) in [4.78, 5) is 12.6. The summed E-state index contributed by atoms with van der Waals surface area (Å²) in [6.07, 6.45) is 3.88. The predicted molar refractivity (Wildman–Crippen MR) is 118 cm³/mol. The average Bonchev–Trinajstić information content (AvgIpc) is 3.20. The second-order valence-electron chi connectivity index (χ2n) is 7.00. The van der Waals surface area contributed by atoms with Gasteiger partial charge in [0.2, 0.25) is 5.13 Å². The molecule has 0 aliphatic heterocycles. The summed E-state index contributed by atoms with van der Waals surface area (Å²) in [6, 6.07) is 16.3. The van der Waals surface area contributed by atoms with Crippen LogP contribution in [0.1, 0.15) is 36.5 Å². The minimum absolute atomic E-state index is 0.214. The topological polar surface area (TPSA) is 64.1 Å². The van der Waals surface area contributed by atoms with Crippen LogP contribution < -0.4 is 10.1 Å². The molecule has 3 aromatic rings. The van der Waals surface area contributed by atoms with Crippen molar-refractivity contribution in [3.8, 4) is 5.75 Å². The highest BCUT2D eigenvalue weighted by molar-refractivity contribution is 8.00. The molecule has 1 aliphatic rings. The number of hydrogen-bond donors (Lipinski definition) is 1. The predicted octanol–water partition coefficient (Wildman–Crippen LogP) is 5.12. The van der Waals surface area contributed by atoms with Gasteiger partial charge in [0.05, 0.1) is 0 Å². The van der Waals surface area contributed by atoms with E-state index in [1.165, 1.54) is 40.9 Å². The Labute approximate surface area is 178 Å². The van der Waals surface area contributed by atoms with E-state index >= 15 is 0 Å². The lowest BCUT2D eigenvalue weighted by Gasteiger charge is -2.21. The lowest BCUT2D eigenvalue weighted by atomic mass is 9.91. The van der Waals surface area contributed by atoms with Crippen molar-refractivity contribution in [1.29, 1.82) is 0 Å². The number of ether oxygens (including phenoxy) is 1. The molecule has 0 radical (unpaired) electrons. The van der Waals surface area contributed by atoms with E-state index in [1.54, 1.807) is 18.7 Å². The maximum absolute atomic E-state index is 12.6. The van der Waals surface area contributed by atoms with Gasteiger partial charge in [-0.15, -0.1) is 10.2 Å². The zero-order valence-electron chi connectivity index (χ0n) is 16.3. The maximum Gasteiger partial charge on any atom is 0.266 e. The molecular formula is C22H23N3O2S2. The van der Waals surface area contributed by atoms with Gasteiger partial charge in [0.25, 0.3) is 5.91 Å².